The summed E-state index contributed by atoms with van der Waals surface area (Å²) >= 11 is 0. The molecule has 0 fully saturated rings. The molecule has 8 nitrogen and oxygen atoms in total. The molecule has 0 aliphatic heterocycles. The van der Waals surface area contributed by atoms with Crippen LogP contribution in [-0.2, 0) is 11.3 Å². The predicted molar refractivity (Wildman–Crippen MR) is 110 cm³/mol. The molecule has 0 atom stereocenters. The van der Waals surface area contributed by atoms with Gasteiger partial charge in [0.1, 0.15) is 6.54 Å². The molecule has 0 saturated heterocycles. The van der Waals surface area contributed by atoms with Gasteiger partial charge in [0.2, 0.25) is 5.91 Å². The molecule has 146 valence electrons. The van der Waals surface area contributed by atoms with Gasteiger partial charge >= 0.3 is 0 Å². The molecule has 0 spiro atoms. The average molecular weight is 389 g/mol. The minimum Gasteiger partial charge on any atom is -0.321 e. The molecular formula is C21H19N5O3. The van der Waals surface area contributed by atoms with E-state index in [9.17, 15) is 14.4 Å². The summed E-state index contributed by atoms with van der Waals surface area (Å²) in [5, 5.41) is 10.3. The van der Waals surface area contributed by atoms with E-state index in [-0.39, 0.29) is 11.9 Å². The van der Waals surface area contributed by atoms with Gasteiger partial charge in [-0.05, 0) is 38.1 Å². The lowest BCUT2D eigenvalue weighted by Gasteiger charge is -2.09. The number of rotatable bonds is 4. The van der Waals surface area contributed by atoms with E-state index in [1.165, 1.54) is 0 Å². The van der Waals surface area contributed by atoms with Crippen molar-refractivity contribution in [3.05, 3.63) is 86.7 Å². The van der Waals surface area contributed by atoms with E-state index in [0.29, 0.717) is 16.8 Å². The van der Waals surface area contributed by atoms with Gasteiger partial charge in [-0.1, -0.05) is 30.3 Å². The molecule has 0 saturated carbocycles. The van der Waals surface area contributed by atoms with Crippen LogP contribution in [-0.4, -0.2) is 25.5 Å². The first-order chi connectivity index (χ1) is 14.0. The first-order valence-corrected chi connectivity index (χ1v) is 9.09. The summed E-state index contributed by atoms with van der Waals surface area (Å²) in [6, 6.07) is 16.1. The zero-order valence-electron chi connectivity index (χ0n) is 16.0. The Morgan fingerprint density at radius 2 is 1.66 bits per heavy atom. The fourth-order valence-corrected chi connectivity index (χ4v) is 3.32. The molecule has 4 aromatic rings. The number of amides is 1. The number of H-pyrrole nitrogens is 1. The molecule has 0 aliphatic carbocycles. The second-order valence-electron chi connectivity index (χ2n) is 6.72. The minimum absolute atomic E-state index is 0.272. The molecule has 0 aliphatic rings. The molecule has 2 heterocycles. The van der Waals surface area contributed by atoms with Gasteiger partial charge in [-0.25, -0.2) is 9.36 Å². The Morgan fingerprint density at radius 3 is 2.38 bits per heavy atom. The molecule has 2 aromatic carbocycles. The summed E-state index contributed by atoms with van der Waals surface area (Å²) in [6.45, 7) is 3.34. The zero-order valence-corrected chi connectivity index (χ0v) is 16.0. The summed E-state index contributed by atoms with van der Waals surface area (Å²) in [6.07, 6.45) is 0. The quantitative estimate of drug-likeness (QED) is 0.558. The number of carbonyl (C=O) groups excluding carboxylic acids is 1. The summed E-state index contributed by atoms with van der Waals surface area (Å²) in [7, 11) is 0. The second kappa shape index (κ2) is 7.23. The molecule has 0 bridgehead atoms. The number of hydrogen-bond donors (Lipinski definition) is 2. The molecule has 0 unspecified atom stereocenters. The highest BCUT2D eigenvalue weighted by Crippen LogP contribution is 2.22. The molecule has 29 heavy (non-hydrogen) atoms. The lowest BCUT2D eigenvalue weighted by molar-refractivity contribution is -0.117. The first-order valence-electron chi connectivity index (χ1n) is 9.09. The zero-order chi connectivity index (χ0) is 20.5. The number of fused-ring (bicyclic) bond motifs is 1. The predicted octanol–water partition coefficient (Wildman–Crippen LogP) is 2.13. The second-order valence-corrected chi connectivity index (χ2v) is 6.72. The van der Waals surface area contributed by atoms with Crippen molar-refractivity contribution < 1.29 is 4.79 Å². The number of benzene rings is 2. The van der Waals surface area contributed by atoms with Gasteiger partial charge in [-0.15, -0.1) is 0 Å². The van der Waals surface area contributed by atoms with E-state index in [1.54, 1.807) is 35.9 Å². The molecule has 2 aromatic heterocycles. The topological polar surface area (TPSA) is 102 Å². The number of anilines is 1. The molecular weight excluding hydrogens is 370 g/mol. The molecule has 1 amide bonds. The maximum Gasteiger partial charge on any atom is 0.273 e. The number of hydrogen-bond acceptors (Lipinski definition) is 4. The Morgan fingerprint density at radius 1 is 1.00 bits per heavy atom. The van der Waals surface area contributed by atoms with Crippen LogP contribution < -0.4 is 16.4 Å². The van der Waals surface area contributed by atoms with Crippen LogP contribution in [0.4, 0.5) is 5.69 Å². The summed E-state index contributed by atoms with van der Waals surface area (Å²) < 4.78 is 2.77. The maximum atomic E-state index is 12.6. The first kappa shape index (κ1) is 18.4. The van der Waals surface area contributed by atoms with Crippen LogP contribution in [0.1, 0.15) is 11.4 Å². The Balaban J connectivity index is 1.63. The van der Waals surface area contributed by atoms with Crippen molar-refractivity contribution in [3.63, 3.8) is 0 Å². The number of nitrogens with one attached hydrogen (secondary N) is 2. The van der Waals surface area contributed by atoms with Crippen molar-refractivity contribution in [2.75, 3.05) is 5.32 Å². The number of aryl methyl sites for hydroxylation is 1. The van der Waals surface area contributed by atoms with Crippen LogP contribution in [0.3, 0.4) is 0 Å². The SMILES string of the molecule is Cc1nn(-c2ccccc2)c(C)c1NC(=O)Cn1[nH]c(=O)c2ccccc2c1=O. The third-order valence-electron chi connectivity index (χ3n) is 4.74. The largest absolute Gasteiger partial charge is 0.321 e. The average Bonchev–Trinajstić information content (AvgIpc) is 3.01. The molecule has 2 N–H and O–H groups in total. The summed E-state index contributed by atoms with van der Waals surface area (Å²) in [5.41, 5.74) is 2.03. The Hall–Kier alpha value is -3.94. The molecule has 0 radical (unpaired) electrons. The van der Waals surface area contributed by atoms with E-state index >= 15 is 0 Å². The third kappa shape index (κ3) is 3.36. The van der Waals surface area contributed by atoms with Crippen LogP contribution in [0, 0.1) is 13.8 Å². The van der Waals surface area contributed by atoms with Gasteiger partial charge in [0, 0.05) is 0 Å². The van der Waals surface area contributed by atoms with Crippen molar-refractivity contribution in [1.29, 1.82) is 0 Å². The van der Waals surface area contributed by atoms with Gasteiger partial charge in [0.05, 0.1) is 33.5 Å². The lowest BCUT2D eigenvalue weighted by atomic mass is 10.2. The van der Waals surface area contributed by atoms with E-state index in [2.05, 4.69) is 15.5 Å². The van der Waals surface area contributed by atoms with E-state index in [0.717, 1.165) is 16.1 Å². The number of nitrogens with zero attached hydrogens (tertiary/aromatic N) is 3. The highest BCUT2D eigenvalue weighted by molar-refractivity contribution is 5.92. The fraction of sp³-hybridized carbons (Fsp3) is 0.143. The van der Waals surface area contributed by atoms with Crippen LogP contribution in [0.25, 0.3) is 16.5 Å². The van der Waals surface area contributed by atoms with Crippen LogP contribution in [0.5, 0.6) is 0 Å². The highest BCUT2D eigenvalue weighted by Gasteiger charge is 2.16. The maximum absolute atomic E-state index is 12.6. The van der Waals surface area contributed by atoms with Crippen molar-refractivity contribution in [2.45, 2.75) is 20.4 Å². The number of aromatic nitrogens is 4. The van der Waals surface area contributed by atoms with Gasteiger partial charge in [0.15, 0.2) is 0 Å². The fourth-order valence-electron chi connectivity index (χ4n) is 3.32. The Bertz CT molecular complexity index is 1330. The van der Waals surface area contributed by atoms with Crippen molar-refractivity contribution in [1.82, 2.24) is 19.6 Å². The van der Waals surface area contributed by atoms with Gasteiger partial charge in [-0.3, -0.25) is 19.5 Å². The van der Waals surface area contributed by atoms with Crippen LogP contribution in [0.15, 0.2) is 64.2 Å². The van der Waals surface area contributed by atoms with Gasteiger partial charge < -0.3 is 5.32 Å². The number of carbonyl (C=O) groups is 1. The minimum atomic E-state index is -0.433. The van der Waals surface area contributed by atoms with Crippen molar-refractivity contribution in [3.8, 4) is 5.69 Å². The molecule has 8 heteroatoms. The van der Waals surface area contributed by atoms with Crippen LogP contribution >= 0.6 is 0 Å². The van der Waals surface area contributed by atoms with E-state index in [1.807, 2.05) is 37.3 Å². The van der Waals surface area contributed by atoms with Gasteiger partial charge in [-0.2, -0.15) is 5.10 Å². The Kier molecular flexibility index (Phi) is 4.59. The van der Waals surface area contributed by atoms with E-state index in [4.69, 9.17) is 0 Å². The number of aromatic amines is 1. The van der Waals surface area contributed by atoms with Crippen molar-refractivity contribution >= 4 is 22.4 Å². The normalized spacial score (nSPS) is 11.0. The smallest absolute Gasteiger partial charge is 0.273 e. The summed E-state index contributed by atoms with van der Waals surface area (Å²) in [4.78, 5) is 37.4. The lowest BCUT2D eigenvalue weighted by Crippen LogP contribution is -2.34. The third-order valence-corrected chi connectivity index (χ3v) is 4.74. The number of para-hydroxylation sites is 1. The Labute approximate surface area is 165 Å². The van der Waals surface area contributed by atoms with Crippen LogP contribution in [0.2, 0.25) is 0 Å². The standard InChI is InChI=1S/C21H19N5O3/c1-13-19(14(2)26(23-13)15-8-4-3-5-9-15)22-18(27)12-25-21(29)17-11-7-6-10-16(17)20(28)24-25/h3-11H,12H2,1-2H3,(H,22,27)(H,24,28). The summed E-state index contributed by atoms with van der Waals surface area (Å²) in [5.74, 6) is -0.433. The highest BCUT2D eigenvalue weighted by atomic mass is 16.2. The monoisotopic (exact) mass is 389 g/mol. The van der Waals surface area contributed by atoms with Gasteiger partial charge in [0.25, 0.3) is 11.1 Å². The van der Waals surface area contributed by atoms with E-state index < -0.39 is 17.0 Å². The van der Waals surface area contributed by atoms with Crippen molar-refractivity contribution in [2.24, 2.45) is 0 Å². The molecule has 4 rings (SSSR count).